The molecular formula is C34H41NO4. The Hall–Kier alpha value is -3.28. The van der Waals surface area contributed by atoms with E-state index in [0.717, 1.165) is 47.2 Å². The van der Waals surface area contributed by atoms with Gasteiger partial charge in [0, 0.05) is 18.7 Å². The molecule has 206 valence electrons. The maximum atomic E-state index is 13.7. The van der Waals surface area contributed by atoms with Gasteiger partial charge in [-0.15, -0.1) is 0 Å². The monoisotopic (exact) mass is 527 g/mol. The van der Waals surface area contributed by atoms with Gasteiger partial charge in [0.05, 0.1) is 6.42 Å². The van der Waals surface area contributed by atoms with Gasteiger partial charge in [0.1, 0.15) is 11.4 Å². The molecule has 1 N–H and O–H groups in total. The van der Waals surface area contributed by atoms with Crippen molar-refractivity contribution >= 4 is 17.4 Å². The molecular weight excluding hydrogens is 486 g/mol. The van der Waals surface area contributed by atoms with E-state index in [-0.39, 0.29) is 36.4 Å². The fraction of sp³-hybridized carbons (Fsp3) is 0.412. The molecule has 1 unspecified atom stereocenters. The van der Waals surface area contributed by atoms with E-state index in [1.165, 1.54) is 0 Å². The van der Waals surface area contributed by atoms with Crippen molar-refractivity contribution in [1.29, 1.82) is 0 Å². The predicted molar refractivity (Wildman–Crippen MR) is 156 cm³/mol. The van der Waals surface area contributed by atoms with Crippen LogP contribution in [0.5, 0.6) is 0 Å². The topological polar surface area (TPSA) is 64.6 Å². The summed E-state index contributed by atoms with van der Waals surface area (Å²) in [5.41, 5.74) is 3.63. The molecule has 1 aliphatic heterocycles. The minimum Gasteiger partial charge on any atom is -0.353 e. The fourth-order valence-corrected chi connectivity index (χ4v) is 5.39. The molecule has 1 aliphatic rings. The molecule has 1 fully saturated rings. The number of anilines is 1. The molecule has 0 aliphatic carbocycles. The fourth-order valence-electron chi connectivity index (χ4n) is 5.39. The summed E-state index contributed by atoms with van der Waals surface area (Å²) in [5, 5.41) is 3.09. The molecule has 0 aromatic heterocycles. The summed E-state index contributed by atoms with van der Waals surface area (Å²) in [4.78, 5) is 27.0. The molecule has 4 rings (SSSR count). The smallest absolute Gasteiger partial charge is 0.231 e. The molecule has 3 aromatic rings. The minimum absolute atomic E-state index is 0.0250. The number of para-hydroxylation sites is 1. The van der Waals surface area contributed by atoms with Crippen LogP contribution in [-0.4, -0.2) is 24.6 Å². The third-order valence-corrected chi connectivity index (χ3v) is 7.39. The van der Waals surface area contributed by atoms with Crippen molar-refractivity contribution in [2.45, 2.75) is 83.5 Å². The number of hydrogen-bond acceptors (Lipinski definition) is 4. The first-order valence-corrected chi connectivity index (χ1v) is 14.1. The van der Waals surface area contributed by atoms with Gasteiger partial charge in [-0.05, 0) is 53.4 Å². The van der Waals surface area contributed by atoms with Gasteiger partial charge in [-0.2, -0.15) is 0 Å². The van der Waals surface area contributed by atoms with Crippen molar-refractivity contribution in [1.82, 2.24) is 0 Å². The normalized spacial score (nSPS) is 15.9. The molecule has 1 saturated heterocycles. The summed E-state index contributed by atoms with van der Waals surface area (Å²) >= 11 is 0. The van der Waals surface area contributed by atoms with E-state index >= 15 is 0 Å². The third kappa shape index (κ3) is 7.03. The maximum absolute atomic E-state index is 13.7. The zero-order chi connectivity index (χ0) is 27.8. The van der Waals surface area contributed by atoms with E-state index in [1.54, 1.807) is 0 Å². The SMILES string of the molecule is CC(C)c1cccc(C(C)C)c1NC(=O)CC(=O)CC(OC1CCCCO1)(c1ccccc1)c1ccccc1. The number of nitrogens with one attached hydrogen (secondary N) is 1. The molecule has 0 radical (unpaired) electrons. The first-order chi connectivity index (χ1) is 18.8. The Kier molecular flexibility index (Phi) is 9.71. The summed E-state index contributed by atoms with van der Waals surface area (Å²) in [6.07, 6.45) is 2.14. The Bertz CT molecular complexity index is 1160. The van der Waals surface area contributed by atoms with E-state index in [4.69, 9.17) is 9.47 Å². The second-order valence-corrected chi connectivity index (χ2v) is 11.0. The van der Waals surface area contributed by atoms with Crippen LogP contribution in [0.15, 0.2) is 78.9 Å². The lowest BCUT2D eigenvalue weighted by Gasteiger charge is -2.39. The van der Waals surface area contributed by atoms with Gasteiger partial charge >= 0.3 is 0 Å². The number of carbonyl (C=O) groups is 2. The van der Waals surface area contributed by atoms with Crippen molar-refractivity contribution in [2.75, 3.05) is 11.9 Å². The molecule has 1 heterocycles. The third-order valence-electron chi connectivity index (χ3n) is 7.39. The van der Waals surface area contributed by atoms with Crippen molar-refractivity contribution in [3.8, 4) is 0 Å². The molecule has 0 saturated carbocycles. The van der Waals surface area contributed by atoms with E-state index in [2.05, 4.69) is 33.0 Å². The second-order valence-electron chi connectivity index (χ2n) is 11.0. The van der Waals surface area contributed by atoms with Crippen LogP contribution in [0.25, 0.3) is 0 Å². The number of ketones is 1. The summed E-state index contributed by atoms with van der Waals surface area (Å²) in [6.45, 7) is 9.07. The highest BCUT2D eigenvalue weighted by Crippen LogP contribution is 2.40. The lowest BCUT2D eigenvalue weighted by Crippen LogP contribution is -2.40. The Labute approximate surface area is 232 Å². The van der Waals surface area contributed by atoms with Crippen LogP contribution in [0.3, 0.4) is 0 Å². The molecule has 0 bridgehead atoms. The van der Waals surface area contributed by atoms with Gasteiger partial charge < -0.3 is 14.8 Å². The number of benzene rings is 3. The van der Waals surface area contributed by atoms with Gasteiger partial charge in [0.25, 0.3) is 0 Å². The Morgan fingerprint density at radius 1 is 0.846 bits per heavy atom. The van der Waals surface area contributed by atoms with Crippen molar-refractivity contribution in [2.24, 2.45) is 0 Å². The molecule has 39 heavy (non-hydrogen) atoms. The number of rotatable bonds is 11. The van der Waals surface area contributed by atoms with Crippen LogP contribution in [-0.2, 0) is 24.7 Å². The number of hydrogen-bond donors (Lipinski definition) is 1. The molecule has 0 spiro atoms. The average Bonchev–Trinajstić information content (AvgIpc) is 2.94. The second kappa shape index (κ2) is 13.2. The average molecular weight is 528 g/mol. The Morgan fingerprint density at radius 3 is 1.90 bits per heavy atom. The number of Topliss-reactive ketones (excluding diaryl/α,β-unsaturated/α-hetero) is 1. The maximum Gasteiger partial charge on any atom is 0.231 e. The highest BCUT2D eigenvalue weighted by atomic mass is 16.7. The van der Waals surface area contributed by atoms with Gasteiger partial charge in [0.15, 0.2) is 6.29 Å². The zero-order valence-corrected chi connectivity index (χ0v) is 23.6. The number of carbonyl (C=O) groups excluding carboxylic acids is 2. The number of amides is 1. The molecule has 5 nitrogen and oxygen atoms in total. The van der Waals surface area contributed by atoms with Crippen molar-refractivity contribution < 1.29 is 19.1 Å². The molecule has 3 aromatic carbocycles. The lowest BCUT2D eigenvalue weighted by molar-refractivity contribution is -0.218. The van der Waals surface area contributed by atoms with Gasteiger partial charge in [0.2, 0.25) is 5.91 Å². The van der Waals surface area contributed by atoms with Crippen molar-refractivity contribution in [3.63, 3.8) is 0 Å². The van der Waals surface area contributed by atoms with Crippen LogP contribution in [0.4, 0.5) is 5.69 Å². The molecule has 1 atom stereocenters. The zero-order valence-electron chi connectivity index (χ0n) is 23.6. The largest absolute Gasteiger partial charge is 0.353 e. The van der Waals surface area contributed by atoms with E-state index < -0.39 is 11.9 Å². The quantitative estimate of drug-likeness (QED) is 0.259. The van der Waals surface area contributed by atoms with Gasteiger partial charge in [-0.25, -0.2) is 0 Å². The summed E-state index contributed by atoms with van der Waals surface area (Å²) < 4.78 is 12.7. The highest BCUT2D eigenvalue weighted by Gasteiger charge is 2.41. The van der Waals surface area contributed by atoms with E-state index in [9.17, 15) is 9.59 Å². The van der Waals surface area contributed by atoms with E-state index in [1.807, 2.05) is 78.9 Å². The number of ether oxygens (including phenoxy) is 2. The van der Waals surface area contributed by atoms with Gasteiger partial charge in [-0.1, -0.05) is 107 Å². The Morgan fingerprint density at radius 2 is 1.41 bits per heavy atom. The molecule has 5 heteroatoms. The first-order valence-electron chi connectivity index (χ1n) is 14.1. The summed E-state index contributed by atoms with van der Waals surface area (Å²) in [6, 6.07) is 25.7. The Balaban J connectivity index is 1.63. The minimum atomic E-state index is -1.07. The van der Waals surface area contributed by atoms with Crippen LogP contribution < -0.4 is 5.32 Å². The van der Waals surface area contributed by atoms with Crippen LogP contribution in [0, 0.1) is 0 Å². The van der Waals surface area contributed by atoms with Gasteiger partial charge in [-0.3, -0.25) is 9.59 Å². The van der Waals surface area contributed by atoms with Crippen LogP contribution in [0.1, 0.15) is 93.9 Å². The van der Waals surface area contributed by atoms with Crippen LogP contribution >= 0.6 is 0 Å². The molecule has 1 amide bonds. The van der Waals surface area contributed by atoms with E-state index in [0.29, 0.717) is 6.61 Å². The summed E-state index contributed by atoms with van der Waals surface area (Å²) in [7, 11) is 0. The lowest BCUT2D eigenvalue weighted by atomic mass is 9.81. The van der Waals surface area contributed by atoms with Crippen molar-refractivity contribution in [3.05, 3.63) is 101 Å². The summed E-state index contributed by atoms with van der Waals surface area (Å²) in [5.74, 6) is -0.0205. The first kappa shape index (κ1) is 28.7. The van der Waals surface area contributed by atoms with Crippen LogP contribution in [0.2, 0.25) is 0 Å². The highest BCUT2D eigenvalue weighted by molar-refractivity contribution is 6.05. The standard InChI is InChI=1S/C34H41NO4/c1-24(2)29-18-13-19-30(25(3)4)33(29)35-31(37)22-28(36)23-34(26-14-7-5-8-15-26,27-16-9-6-10-17-27)39-32-20-11-12-21-38-32/h5-10,13-19,24-25,32H,11-12,20-23H2,1-4H3,(H,35,37). The predicted octanol–water partition coefficient (Wildman–Crippen LogP) is 7.71.